The minimum atomic E-state index is -0.419. The van der Waals surface area contributed by atoms with E-state index in [0.29, 0.717) is 28.7 Å². The summed E-state index contributed by atoms with van der Waals surface area (Å²) in [5, 5.41) is 1.95. The number of carbonyl (C=O) groups excluding carboxylic acids is 4. The first-order valence-electron chi connectivity index (χ1n) is 14.6. The first-order valence-corrected chi connectivity index (χ1v) is 14.6. The first kappa shape index (κ1) is 25.9. The zero-order valence-electron chi connectivity index (χ0n) is 23.5. The molecule has 0 spiro atoms. The molecule has 44 heavy (non-hydrogen) atoms. The molecule has 0 bridgehead atoms. The molecule has 8 rings (SSSR count). The number of nitrogens with zero attached hydrogens (tertiary/aromatic N) is 2. The molecule has 214 valence electrons. The lowest BCUT2D eigenvalue weighted by atomic mass is 9.90. The SMILES string of the molecule is O=C1c2ccccc2C(=O)N1CCc1c(C(CN2C(=O)c3ccccc3C2=O)c2c[nH]c3ccccc23)[nH]c2ccccc12. The fraction of sp³-hybridized carbons (Fsp3) is 0.111. The van der Waals surface area contributed by atoms with E-state index in [-0.39, 0.29) is 36.7 Å². The van der Waals surface area contributed by atoms with Gasteiger partial charge in [-0.25, -0.2) is 0 Å². The maximum atomic E-state index is 13.5. The Hall–Kier alpha value is -5.76. The maximum absolute atomic E-state index is 13.5. The van der Waals surface area contributed by atoms with Gasteiger partial charge in [-0.15, -0.1) is 0 Å². The lowest BCUT2D eigenvalue weighted by Crippen LogP contribution is -2.35. The third kappa shape index (κ3) is 3.84. The zero-order chi connectivity index (χ0) is 29.9. The van der Waals surface area contributed by atoms with Gasteiger partial charge in [-0.2, -0.15) is 0 Å². The van der Waals surface area contributed by atoms with Gasteiger partial charge in [0.25, 0.3) is 23.6 Å². The number of hydrogen-bond donors (Lipinski definition) is 2. The summed E-state index contributed by atoms with van der Waals surface area (Å²) in [7, 11) is 0. The summed E-state index contributed by atoms with van der Waals surface area (Å²) < 4.78 is 0. The van der Waals surface area contributed by atoms with Crippen molar-refractivity contribution in [1.29, 1.82) is 0 Å². The summed E-state index contributed by atoms with van der Waals surface area (Å²) in [6.45, 7) is 0.301. The van der Waals surface area contributed by atoms with Crippen molar-refractivity contribution in [3.05, 3.63) is 142 Å². The van der Waals surface area contributed by atoms with Crippen LogP contribution in [0.1, 0.15) is 64.2 Å². The van der Waals surface area contributed by atoms with Crippen LogP contribution in [0.2, 0.25) is 0 Å². The van der Waals surface area contributed by atoms with Crippen molar-refractivity contribution in [2.75, 3.05) is 13.1 Å². The van der Waals surface area contributed by atoms with Gasteiger partial charge >= 0.3 is 0 Å². The van der Waals surface area contributed by atoms with E-state index in [1.807, 2.05) is 54.7 Å². The summed E-state index contributed by atoms with van der Waals surface area (Å²) in [6.07, 6.45) is 2.33. The van der Waals surface area contributed by atoms with E-state index < -0.39 is 5.92 Å². The highest BCUT2D eigenvalue weighted by atomic mass is 16.2. The number of carbonyl (C=O) groups is 4. The van der Waals surface area contributed by atoms with Crippen LogP contribution in [0.15, 0.2) is 103 Å². The molecule has 0 saturated carbocycles. The Morgan fingerprint density at radius 3 is 1.68 bits per heavy atom. The number of para-hydroxylation sites is 2. The predicted octanol–water partition coefficient (Wildman–Crippen LogP) is 5.92. The van der Waals surface area contributed by atoms with E-state index in [2.05, 4.69) is 9.97 Å². The molecule has 4 heterocycles. The number of rotatable bonds is 7. The van der Waals surface area contributed by atoms with Gasteiger partial charge in [0.2, 0.25) is 0 Å². The number of nitrogens with one attached hydrogen (secondary N) is 2. The Labute approximate surface area is 251 Å². The molecule has 4 aromatic carbocycles. The van der Waals surface area contributed by atoms with Gasteiger partial charge in [0, 0.05) is 52.7 Å². The van der Waals surface area contributed by atoms with Crippen molar-refractivity contribution in [3.8, 4) is 0 Å². The molecule has 8 heteroatoms. The monoisotopic (exact) mass is 578 g/mol. The second-order valence-electron chi connectivity index (χ2n) is 11.2. The summed E-state index contributed by atoms with van der Waals surface area (Å²) in [5.74, 6) is -1.66. The van der Waals surface area contributed by atoms with Crippen LogP contribution in [0.3, 0.4) is 0 Å². The molecule has 0 aliphatic carbocycles. The number of amides is 4. The molecule has 0 saturated heterocycles. The lowest BCUT2D eigenvalue weighted by molar-refractivity contribution is 0.0634. The van der Waals surface area contributed by atoms with E-state index in [1.165, 1.54) is 9.80 Å². The van der Waals surface area contributed by atoms with Gasteiger partial charge < -0.3 is 9.97 Å². The largest absolute Gasteiger partial charge is 0.361 e. The highest BCUT2D eigenvalue weighted by Crippen LogP contribution is 2.38. The topological polar surface area (TPSA) is 106 Å². The van der Waals surface area contributed by atoms with E-state index >= 15 is 0 Å². The van der Waals surface area contributed by atoms with Crippen molar-refractivity contribution in [3.63, 3.8) is 0 Å². The molecule has 1 unspecified atom stereocenters. The molecule has 2 N–H and O–H groups in total. The lowest BCUT2D eigenvalue weighted by Gasteiger charge is -2.24. The Kier molecular flexibility index (Phi) is 5.84. The number of hydrogen-bond acceptors (Lipinski definition) is 4. The van der Waals surface area contributed by atoms with Crippen LogP contribution in [0, 0.1) is 0 Å². The molecule has 2 aromatic heterocycles. The highest BCUT2D eigenvalue weighted by Gasteiger charge is 2.39. The number of H-pyrrole nitrogens is 2. The van der Waals surface area contributed by atoms with Crippen LogP contribution >= 0.6 is 0 Å². The Bertz CT molecular complexity index is 2100. The van der Waals surface area contributed by atoms with E-state index in [0.717, 1.165) is 38.6 Å². The van der Waals surface area contributed by atoms with Crippen LogP contribution in [-0.4, -0.2) is 56.5 Å². The first-order chi connectivity index (χ1) is 21.5. The average Bonchev–Trinajstić information content (AvgIpc) is 3.78. The third-order valence-corrected chi connectivity index (χ3v) is 8.90. The fourth-order valence-corrected chi connectivity index (χ4v) is 6.77. The van der Waals surface area contributed by atoms with Gasteiger partial charge in [0.15, 0.2) is 0 Å². The molecular weight excluding hydrogens is 552 g/mol. The van der Waals surface area contributed by atoms with Crippen molar-refractivity contribution < 1.29 is 19.2 Å². The minimum Gasteiger partial charge on any atom is -0.361 e. The molecule has 6 aromatic rings. The second-order valence-corrected chi connectivity index (χ2v) is 11.2. The number of imide groups is 2. The van der Waals surface area contributed by atoms with Crippen LogP contribution in [0.4, 0.5) is 0 Å². The summed E-state index contributed by atoms with van der Waals surface area (Å²) in [5.41, 5.74) is 6.18. The van der Waals surface area contributed by atoms with Crippen molar-refractivity contribution in [2.45, 2.75) is 12.3 Å². The van der Waals surface area contributed by atoms with E-state index in [1.54, 1.807) is 48.5 Å². The summed E-state index contributed by atoms with van der Waals surface area (Å²) in [4.78, 5) is 63.1. The summed E-state index contributed by atoms with van der Waals surface area (Å²) >= 11 is 0. The fourth-order valence-electron chi connectivity index (χ4n) is 6.77. The summed E-state index contributed by atoms with van der Waals surface area (Å²) in [6, 6.07) is 29.6. The molecule has 1 atom stereocenters. The van der Waals surface area contributed by atoms with Crippen LogP contribution in [-0.2, 0) is 6.42 Å². The molecule has 0 fully saturated rings. The smallest absolute Gasteiger partial charge is 0.261 e. The number of aromatic nitrogens is 2. The molecule has 2 aliphatic heterocycles. The van der Waals surface area contributed by atoms with Crippen molar-refractivity contribution >= 4 is 45.4 Å². The molecule has 8 nitrogen and oxygen atoms in total. The Morgan fingerprint density at radius 2 is 1.07 bits per heavy atom. The molecular formula is C36H26N4O4. The van der Waals surface area contributed by atoms with Gasteiger partial charge in [-0.05, 0) is 53.9 Å². The number of aromatic amines is 2. The van der Waals surface area contributed by atoms with Crippen LogP contribution in [0.25, 0.3) is 21.8 Å². The minimum absolute atomic E-state index is 0.112. The van der Waals surface area contributed by atoms with Crippen LogP contribution < -0.4 is 0 Å². The molecule has 4 amide bonds. The van der Waals surface area contributed by atoms with Gasteiger partial charge in [-0.1, -0.05) is 60.7 Å². The molecule has 0 radical (unpaired) electrons. The van der Waals surface area contributed by atoms with Gasteiger partial charge in [0.05, 0.1) is 22.3 Å². The van der Waals surface area contributed by atoms with Gasteiger partial charge in [-0.3, -0.25) is 29.0 Å². The van der Waals surface area contributed by atoms with E-state index in [9.17, 15) is 19.2 Å². The standard InChI is InChI=1S/C36H26N4O4/c41-33-24-11-1-2-12-25(24)34(42)39(33)18-17-23-21-9-6-8-16-31(21)38-32(23)29(28-19-37-30-15-7-5-10-22(28)30)20-40-35(43)26-13-3-4-14-27(26)36(40)44/h1-16,19,29,37-38H,17-18,20H2. The van der Waals surface area contributed by atoms with Crippen molar-refractivity contribution in [2.24, 2.45) is 0 Å². The second kappa shape index (κ2) is 9.91. The third-order valence-electron chi connectivity index (χ3n) is 8.90. The number of fused-ring (bicyclic) bond motifs is 4. The maximum Gasteiger partial charge on any atom is 0.261 e. The van der Waals surface area contributed by atoms with Crippen LogP contribution in [0.5, 0.6) is 0 Å². The number of benzene rings is 4. The normalized spacial score (nSPS) is 15.1. The average molecular weight is 579 g/mol. The Morgan fingerprint density at radius 1 is 0.568 bits per heavy atom. The highest BCUT2D eigenvalue weighted by molar-refractivity contribution is 6.22. The van der Waals surface area contributed by atoms with E-state index in [4.69, 9.17) is 0 Å². The van der Waals surface area contributed by atoms with Gasteiger partial charge in [0.1, 0.15) is 0 Å². The Balaban J connectivity index is 1.23. The van der Waals surface area contributed by atoms with Crippen molar-refractivity contribution in [1.82, 2.24) is 19.8 Å². The predicted molar refractivity (Wildman–Crippen MR) is 166 cm³/mol. The quantitative estimate of drug-likeness (QED) is 0.230. The molecule has 2 aliphatic rings. The zero-order valence-corrected chi connectivity index (χ0v) is 23.5.